The molecule has 122 valence electrons. The normalized spacial score (nSPS) is 21.1. The number of hydrogen-bond acceptors (Lipinski definition) is 3. The van der Waals surface area contributed by atoms with Crippen molar-refractivity contribution >= 4 is 11.4 Å². The highest BCUT2D eigenvalue weighted by Crippen LogP contribution is 2.28. The fourth-order valence-corrected chi connectivity index (χ4v) is 3.58. The number of nitrogens with zero attached hydrogens (tertiary/aromatic N) is 3. The zero-order valence-electron chi connectivity index (χ0n) is 13.4. The lowest BCUT2D eigenvalue weighted by Crippen LogP contribution is -2.49. The second-order valence-electron chi connectivity index (χ2n) is 6.33. The Hall–Kier alpha value is -2.66. The minimum absolute atomic E-state index is 0.0306. The van der Waals surface area contributed by atoms with E-state index in [0.29, 0.717) is 18.0 Å². The minimum atomic E-state index is -0.0465. The summed E-state index contributed by atoms with van der Waals surface area (Å²) in [4.78, 5) is 18.9. The lowest BCUT2D eigenvalue weighted by Gasteiger charge is -2.37. The Kier molecular flexibility index (Phi) is 3.78. The van der Waals surface area contributed by atoms with Gasteiger partial charge >= 0.3 is 0 Å². The number of amides is 1. The molecule has 1 aliphatic rings. The van der Waals surface area contributed by atoms with Gasteiger partial charge < -0.3 is 15.0 Å². The number of carbonyl (C=O) groups excluding carboxylic acids is 1. The number of pyridine rings is 1. The standard InChI is InChI=1S/C19H20N4O/c20-17-12-22(10-8-15(17)14-5-2-1-3-6-14)19(24)16-7-4-9-23-13-21-11-18(16)23/h1-7,9,11,13,15,17H,8,10,12,20H2. The van der Waals surface area contributed by atoms with Crippen molar-refractivity contribution < 1.29 is 4.79 Å². The van der Waals surface area contributed by atoms with Gasteiger partial charge in [0, 0.05) is 31.2 Å². The summed E-state index contributed by atoms with van der Waals surface area (Å²) < 4.78 is 1.86. The van der Waals surface area contributed by atoms with Crippen LogP contribution < -0.4 is 5.73 Å². The van der Waals surface area contributed by atoms with Crippen molar-refractivity contribution in [1.29, 1.82) is 0 Å². The van der Waals surface area contributed by atoms with Crippen LogP contribution in [0.4, 0.5) is 0 Å². The molecular weight excluding hydrogens is 300 g/mol. The van der Waals surface area contributed by atoms with Crippen molar-refractivity contribution in [3.63, 3.8) is 0 Å². The quantitative estimate of drug-likeness (QED) is 0.788. The number of carbonyl (C=O) groups is 1. The molecule has 5 heteroatoms. The molecular formula is C19H20N4O. The molecule has 1 aliphatic heterocycles. The van der Waals surface area contributed by atoms with Gasteiger partial charge in [-0.15, -0.1) is 0 Å². The van der Waals surface area contributed by atoms with Crippen LogP contribution in [0.5, 0.6) is 0 Å². The number of imidazole rings is 1. The maximum Gasteiger partial charge on any atom is 0.256 e. The highest BCUT2D eigenvalue weighted by Gasteiger charge is 2.31. The highest BCUT2D eigenvalue weighted by atomic mass is 16.2. The molecule has 1 fully saturated rings. The number of benzene rings is 1. The molecule has 1 aromatic carbocycles. The van der Waals surface area contributed by atoms with Crippen molar-refractivity contribution in [1.82, 2.24) is 14.3 Å². The van der Waals surface area contributed by atoms with Gasteiger partial charge in [0.05, 0.1) is 23.6 Å². The third-order valence-electron chi connectivity index (χ3n) is 4.85. The number of hydrogen-bond donors (Lipinski definition) is 1. The number of piperidine rings is 1. The van der Waals surface area contributed by atoms with Crippen molar-refractivity contribution in [3.05, 3.63) is 72.3 Å². The molecule has 3 heterocycles. The number of rotatable bonds is 2. The number of fused-ring (bicyclic) bond motifs is 1. The van der Waals surface area contributed by atoms with Crippen molar-refractivity contribution in [2.75, 3.05) is 13.1 Å². The van der Waals surface area contributed by atoms with E-state index in [2.05, 4.69) is 17.1 Å². The lowest BCUT2D eigenvalue weighted by molar-refractivity contribution is 0.0695. The topological polar surface area (TPSA) is 63.6 Å². The summed E-state index contributed by atoms with van der Waals surface area (Å²) in [7, 11) is 0. The monoisotopic (exact) mass is 320 g/mol. The van der Waals surface area contributed by atoms with E-state index in [0.717, 1.165) is 18.5 Å². The molecule has 2 N–H and O–H groups in total. The predicted octanol–water partition coefficient (Wildman–Crippen LogP) is 2.29. The SMILES string of the molecule is NC1CN(C(=O)c2cccn3cncc23)CCC1c1ccccc1. The zero-order chi connectivity index (χ0) is 16.5. The Morgan fingerprint density at radius 2 is 2.00 bits per heavy atom. The van der Waals surface area contributed by atoms with Crippen molar-refractivity contribution in [2.24, 2.45) is 5.73 Å². The molecule has 5 nitrogen and oxygen atoms in total. The first-order chi connectivity index (χ1) is 11.7. The fraction of sp³-hybridized carbons (Fsp3) is 0.263. The van der Waals surface area contributed by atoms with Crippen LogP contribution in [0.2, 0.25) is 0 Å². The third-order valence-corrected chi connectivity index (χ3v) is 4.85. The van der Waals surface area contributed by atoms with Crippen LogP contribution in [0.3, 0.4) is 0 Å². The summed E-state index contributed by atoms with van der Waals surface area (Å²) >= 11 is 0. The Labute approximate surface area is 140 Å². The molecule has 1 amide bonds. The van der Waals surface area contributed by atoms with Gasteiger partial charge in [-0.05, 0) is 24.1 Å². The summed E-state index contributed by atoms with van der Waals surface area (Å²) in [5.74, 6) is 0.337. The summed E-state index contributed by atoms with van der Waals surface area (Å²) in [6.45, 7) is 1.30. The lowest BCUT2D eigenvalue weighted by atomic mass is 9.85. The molecule has 1 saturated heterocycles. The maximum absolute atomic E-state index is 12.9. The second kappa shape index (κ2) is 6.09. The van der Waals surface area contributed by atoms with Gasteiger partial charge in [0.2, 0.25) is 0 Å². The van der Waals surface area contributed by atoms with Crippen molar-refractivity contribution in [2.45, 2.75) is 18.4 Å². The molecule has 3 aromatic rings. The predicted molar refractivity (Wildman–Crippen MR) is 92.9 cm³/mol. The van der Waals surface area contributed by atoms with Crippen LogP contribution in [0.15, 0.2) is 61.2 Å². The van der Waals surface area contributed by atoms with Crippen LogP contribution in [0.25, 0.3) is 5.52 Å². The summed E-state index contributed by atoms with van der Waals surface area (Å²) in [6, 6.07) is 14.0. The molecule has 0 radical (unpaired) electrons. The summed E-state index contributed by atoms with van der Waals surface area (Å²) in [5.41, 5.74) is 9.17. The van der Waals surface area contributed by atoms with Gasteiger partial charge in [-0.2, -0.15) is 0 Å². The van der Waals surface area contributed by atoms with E-state index in [1.54, 1.807) is 12.5 Å². The molecule has 2 aromatic heterocycles. The van der Waals surface area contributed by atoms with E-state index in [4.69, 9.17) is 5.73 Å². The molecule has 0 saturated carbocycles. The van der Waals surface area contributed by atoms with Gasteiger partial charge in [0.15, 0.2) is 0 Å². The smallest absolute Gasteiger partial charge is 0.256 e. The zero-order valence-corrected chi connectivity index (χ0v) is 13.4. The number of nitrogens with two attached hydrogens (primary N) is 1. The van der Waals surface area contributed by atoms with Crippen LogP contribution in [-0.4, -0.2) is 39.3 Å². The first-order valence-electron chi connectivity index (χ1n) is 8.24. The van der Waals surface area contributed by atoms with Crippen LogP contribution >= 0.6 is 0 Å². The minimum Gasteiger partial charge on any atom is -0.337 e. The van der Waals surface area contributed by atoms with Gasteiger partial charge in [-0.3, -0.25) is 4.79 Å². The van der Waals surface area contributed by atoms with Crippen LogP contribution in [0, 0.1) is 0 Å². The first-order valence-corrected chi connectivity index (χ1v) is 8.24. The largest absolute Gasteiger partial charge is 0.337 e. The van der Waals surface area contributed by atoms with E-state index >= 15 is 0 Å². The van der Waals surface area contributed by atoms with Crippen LogP contribution in [0.1, 0.15) is 28.3 Å². The molecule has 2 unspecified atom stereocenters. The molecule has 0 bridgehead atoms. The average molecular weight is 320 g/mol. The highest BCUT2D eigenvalue weighted by molar-refractivity contribution is 6.00. The number of aromatic nitrogens is 2. The Bertz CT molecular complexity index is 858. The van der Waals surface area contributed by atoms with Gasteiger partial charge in [-0.1, -0.05) is 30.3 Å². The molecule has 24 heavy (non-hydrogen) atoms. The van der Waals surface area contributed by atoms with Gasteiger partial charge in [0.25, 0.3) is 5.91 Å². The summed E-state index contributed by atoms with van der Waals surface area (Å²) in [5, 5.41) is 0. The maximum atomic E-state index is 12.9. The van der Waals surface area contributed by atoms with E-state index in [9.17, 15) is 4.79 Å². The molecule has 0 aliphatic carbocycles. The second-order valence-corrected chi connectivity index (χ2v) is 6.33. The average Bonchev–Trinajstić information content (AvgIpc) is 3.10. The van der Waals surface area contributed by atoms with Gasteiger partial charge in [-0.25, -0.2) is 4.98 Å². The van der Waals surface area contributed by atoms with Crippen molar-refractivity contribution in [3.8, 4) is 0 Å². The Balaban J connectivity index is 1.55. The van der Waals surface area contributed by atoms with Crippen LogP contribution in [-0.2, 0) is 0 Å². The molecule has 2 atom stereocenters. The number of likely N-dealkylation sites (tertiary alicyclic amines) is 1. The molecule has 4 rings (SSSR count). The fourth-order valence-electron chi connectivity index (χ4n) is 3.58. The van der Waals surface area contributed by atoms with Gasteiger partial charge in [0.1, 0.15) is 0 Å². The van der Waals surface area contributed by atoms with E-state index in [1.165, 1.54) is 5.56 Å². The Morgan fingerprint density at radius 3 is 2.79 bits per heavy atom. The van der Waals surface area contributed by atoms with E-state index in [-0.39, 0.29) is 11.9 Å². The third kappa shape index (κ3) is 2.57. The van der Waals surface area contributed by atoms with E-state index in [1.807, 2.05) is 45.8 Å². The summed E-state index contributed by atoms with van der Waals surface area (Å²) in [6.07, 6.45) is 6.22. The van der Waals surface area contributed by atoms with E-state index < -0.39 is 0 Å². The molecule has 0 spiro atoms. The first kappa shape index (κ1) is 14.9. The Morgan fingerprint density at radius 1 is 1.17 bits per heavy atom.